The summed E-state index contributed by atoms with van der Waals surface area (Å²) in [5.74, 6) is -0.0637. The van der Waals surface area contributed by atoms with E-state index in [1.807, 2.05) is 26.0 Å². The lowest BCUT2D eigenvalue weighted by Crippen LogP contribution is -2.25. The van der Waals surface area contributed by atoms with Gasteiger partial charge < -0.3 is 10.1 Å². The van der Waals surface area contributed by atoms with Crippen molar-refractivity contribution in [2.45, 2.75) is 19.8 Å². The molecule has 1 aromatic carbocycles. The van der Waals surface area contributed by atoms with Gasteiger partial charge in [-0.3, -0.25) is 0 Å². The van der Waals surface area contributed by atoms with Gasteiger partial charge in [0, 0.05) is 19.1 Å². The van der Waals surface area contributed by atoms with Crippen molar-refractivity contribution < 1.29 is 9.13 Å². The van der Waals surface area contributed by atoms with Crippen LogP contribution in [0.5, 0.6) is 0 Å². The molecular formula is C13H20FNO. The number of halogens is 1. The minimum atomic E-state index is -0.148. The summed E-state index contributed by atoms with van der Waals surface area (Å²) >= 11 is 0. The highest BCUT2D eigenvalue weighted by atomic mass is 19.1. The maximum atomic E-state index is 13.6. The van der Waals surface area contributed by atoms with Gasteiger partial charge in [-0.15, -0.1) is 0 Å². The number of benzene rings is 1. The Labute approximate surface area is 96.8 Å². The van der Waals surface area contributed by atoms with Crippen LogP contribution >= 0.6 is 0 Å². The normalized spacial score (nSPS) is 12.7. The van der Waals surface area contributed by atoms with E-state index in [9.17, 15) is 4.39 Å². The summed E-state index contributed by atoms with van der Waals surface area (Å²) in [6.45, 7) is 6.85. The molecule has 0 bridgehead atoms. The Morgan fingerprint density at radius 1 is 1.31 bits per heavy atom. The zero-order chi connectivity index (χ0) is 11.8. The number of hydrogen-bond acceptors (Lipinski definition) is 2. The van der Waals surface area contributed by atoms with Gasteiger partial charge in [-0.25, -0.2) is 4.39 Å². The van der Waals surface area contributed by atoms with Crippen LogP contribution in [-0.2, 0) is 4.74 Å². The molecule has 1 N–H and O–H groups in total. The third-order valence-electron chi connectivity index (χ3n) is 2.51. The zero-order valence-electron chi connectivity index (χ0n) is 10.0. The van der Waals surface area contributed by atoms with Gasteiger partial charge >= 0.3 is 0 Å². The molecule has 1 atom stereocenters. The van der Waals surface area contributed by atoms with Crippen molar-refractivity contribution in [3.8, 4) is 0 Å². The Balaban J connectivity index is 2.70. The van der Waals surface area contributed by atoms with Crippen molar-refractivity contribution in [3.05, 3.63) is 35.6 Å². The molecule has 0 aromatic heterocycles. The van der Waals surface area contributed by atoms with E-state index < -0.39 is 0 Å². The first-order valence-corrected chi connectivity index (χ1v) is 5.82. The molecule has 1 aromatic rings. The Hall–Kier alpha value is -0.930. The van der Waals surface area contributed by atoms with Crippen LogP contribution in [0.15, 0.2) is 24.3 Å². The van der Waals surface area contributed by atoms with Crippen molar-refractivity contribution in [2.24, 2.45) is 0 Å². The zero-order valence-corrected chi connectivity index (χ0v) is 10.0. The minimum absolute atomic E-state index is 0.0844. The van der Waals surface area contributed by atoms with Crippen LogP contribution < -0.4 is 5.32 Å². The van der Waals surface area contributed by atoms with Crippen LogP contribution in [0.25, 0.3) is 0 Å². The van der Waals surface area contributed by atoms with Crippen LogP contribution in [0.2, 0.25) is 0 Å². The lowest BCUT2D eigenvalue weighted by molar-refractivity contribution is 0.130. The summed E-state index contributed by atoms with van der Waals surface area (Å²) < 4.78 is 19.0. The van der Waals surface area contributed by atoms with Crippen LogP contribution in [0, 0.1) is 5.82 Å². The van der Waals surface area contributed by atoms with Gasteiger partial charge in [-0.05, 0) is 25.1 Å². The highest BCUT2D eigenvalue weighted by Crippen LogP contribution is 2.18. The second kappa shape index (κ2) is 7.36. The van der Waals surface area contributed by atoms with Crippen LogP contribution in [0.4, 0.5) is 4.39 Å². The molecule has 0 heterocycles. The molecule has 0 aliphatic carbocycles. The first-order valence-electron chi connectivity index (χ1n) is 5.82. The molecule has 16 heavy (non-hydrogen) atoms. The number of hydrogen-bond donors (Lipinski definition) is 1. The molecule has 0 aliphatic rings. The molecule has 1 unspecified atom stereocenters. The van der Waals surface area contributed by atoms with Crippen LogP contribution in [0.3, 0.4) is 0 Å². The fraction of sp³-hybridized carbons (Fsp3) is 0.538. The van der Waals surface area contributed by atoms with Crippen molar-refractivity contribution >= 4 is 0 Å². The SMILES string of the molecule is CCNCC(COCC)c1ccccc1F. The molecule has 0 saturated heterocycles. The van der Waals surface area contributed by atoms with E-state index in [2.05, 4.69) is 5.32 Å². The monoisotopic (exact) mass is 225 g/mol. The molecular weight excluding hydrogens is 205 g/mol. The topological polar surface area (TPSA) is 21.3 Å². The molecule has 0 spiro atoms. The second-order valence-electron chi connectivity index (χ2n) is 3.69. The van der Waals surface area contributed by atoms with Crippen LogP contribution in [0.1, 0.15) is 25.3 Å². The van der Waals surface area contributed by atoms with E-state index in [4.69, 9.17) is 4.74 Å². The van der Waals surface area contributed by atoms with E-state index in [0.29, 0.717) is 13.2 Å². The van der Waals surface area contributed by atoms with Crippen LogP contribution in [-0.4, -0.2) is 26.3 Å². The number of likely N-dealkylation sites (N-methyl/N-ethyl adjacent to an activating group) is 1. The Morgan fingerprint density at radius 3 is 2.69 bits per heavy atom. The summed E-state index contributed by atoms with van der Waals surface area (Å²) in [4.78, 5) is 0. The van der Waals surface area contributed by atoms with Crippen molar-refractivity contribution in [1.82, 2.24) is 5.32 Å². The summed E-state index contributed by atoms with van der Waals surface area (Å²) in [6.07, 6.45) is 0. The van der Waals surface area contributed by atoms with Crippen molar-refractivity contribution in [1.29, 1.82) is 0 Å². The van der Waals surface area contributed by atoms with Gasteiger partial charge in [0.15, 0.2) is 0 Å². The molecule has 0 amide bonds. The fourth-order valence-corrected chi connectivity index (χ4v) is 1.64. The highest BCUT2D eigenvalue weighted by molar-refractivity contribution is 5.22. The smallest absolute Gasteiger partial charge is 0.126 e. The molecule has 0 aliphatic heterocycles. The molecule has 90 valence electrons. The third-order valence-corrected chi connectivity index (χ3v) is 2.51. The molecule has 1 rings (SSSR count). The molecule has 0 fully saturated rings. The van der Waals surface area contributed by atoms with Gasteiger partial charge in [0.05, 0.1) is 6.61 Å². The third kappa shape index (κ3) is 3.91. The van der Waals surface area contributed by atoms with Gasteiger partial charge in [-0.1, -0.05) is 25.1 Å². The first kappa shape index (κ1) is 13.1. The molecule has 0 saturated carbocycles. The summed E-state index contributed by atoms with van der Waals surface area (Å²) in [7, 11) is 0. The average molecular weight is 225 g/mol. The predicted octanol–water partition coefficient (Wildman–Crippen LogP) is 2.56. The summed E-state index contributed by atoms with van der Waals surface area (Å²) in [5, 5.41) is 3.24. The van der Waals surface area contributed by atoms with E-state index in [-0.39, 0.29) is 11.7 Å². The molecule has 0 radical (unpaired) electrons. The maximum absolute atomic E-state index is 13.6. The fourth-order valence-electron chi connectivity index (χ4n) is 1.64. The number of nitrogens with one attached hydrogen (secondary N) is 1. The highest BCUT2D eigenvalue weighted by Gasteiger charge is 2.14. The minimum Gasteiger partial charge on any atom is -0.381 e. The Kier molecular flexibility index (Phi) is 6.04. The van der Waals surface area contributed by atoms with Crippen molar-refractivity contribution in [2.75, 3.05) is 26.3 Å². The molecule has 2 nitrogen and oxygen atoms in total. The number of ether oxygens (including phenoxy) is 1. The van der Waals surface area contributed by atoms with E-state index in [1.165, 1.54) is 6.07 Å². The van der Waals surface area contributed by atoms with Gasteiger partial charge in [0.2, 0.25) is 0 Å². The van der Waals surface area contributed by atoms with E-state index in [1.54, 1.807) is 6.07 Å². The largest absolute Gasteiger partial charge is 0.381 e. The second-order valence-corrected chi connectivity index (χ2v) is 3.69. The lowest BCUT2D eigenvalue weighted by atomic mass is 9.99. The van der Waals surface area contributed by atoms with E-state index in [0.717, 1.165) is 18.7 Å². The standard InChI is InChI=1S/C13H20FNO/c1-3-15-9-11(10-16-4-2)12-7-5-6-8-13(12)14/h5-8,11,15H,3-4,9-10H2,1-2H3. The maximum Gasteiger partial charge on any atom is 0.126 e. The summed E-state index contributed by atoms with van der Waals surface area (Å²) in [5.41, 5.74) is 0.733. The van der Waals surface area contributed by atoms with Gasteiger partial charge in [0.25, 0.3) is 0 Å². The first-order chi connectivity index (χ1) is 7.79. The van der Waals surface area contributed by atoms with E-state index >= 15 is 0 Å². The van der Waals surface area contributed by atoms with Gasteiger partial charge in [-0.2, -0.15) is 0 Å². The quantitative estimate of drug-likeness (QED) is 0.770. The van der Waals surface area contributed by atoms with Crippen molar-refractivity contribution in [3.63, 3.8) is 0 Å². The molecule has 3 heteroatoms. The average Bonchev–Trinajstić information content (AvgIpc) is 2.31. The number of rotatable bonds is 7. The van der Waals surface area contributed by atoms with Gasteiger partial charge in [0.1, 0.15) is 5.82 Å². The Bertz CT molecular complexity index is 296. The Morgan fingerprint density at radius 2 is 2.06 bits per heavy atom. The lowest BCUT2D eigenvalue weighted by Gasteiger charge is -2.18. The summed E-state index contributed by atoms with van der Waals surface area (Å²) in [6, 6.07) is 6.91. The predicted molar refractivity (Wildman–Crippen MR) is 64.2 cm³/mol.